The lowest BCUT2D eigenvalue weighted by Crippen LogP contribution is -2.16. The number of nitrogens with one attached hydrogen (secondary N) is 1. The van der Waals surface area contributed by atoms with Gasteiger partial charge in [-0.25, -0.2) is 15.0 Å². The number of carbonyl (C=O) groups excluding carboxylic acids is 1. The number of hydrogen-bond donors (Lipinski definition) is 2. The zero-order chi connectivity index (χ0) is 16.8. The minimum Gasteiger partial charge on any atom is -0.473 e. The summed E-state index contributed by atoms with van der Waals surface area (Å²) in [6.45, 7) is 0.426. The number of rotatable bonds is 5. The number of hydrogen-bond acceptors (Lipinski definition) is 6. The lowest BCUT2D eigenvalue weighted by molar-refractivity contribution is 0.102. The molecule has 7 nitrogen and oxygen atoms in total. The van der Waals surface area contributed by atoms with Gasteiger partial charge in [-0.2, -0.15) is 0 Å². The number of nitrogens with zero attached hydrogens (tertiary/aromatic N) is 3. The highest BCUT2D eigenvalue weighted by molar-refractivity contribution is 6.05. The summed E-state index contributed by atoms with van der Waals surface area (Å²) in [5.74, 6) is 0.0991. The molecule has 3 N–H and O–H groups in total. The van der Waals surface area contributed by atoms with Crippen LogP contribution in [-0.2, 0) is 6.61 Å². The number of benzene rings is 1. The second-order valence-corrected chi connectivity index (χ2v) is 4.90. The summed E-state index contributed by atoms with van der Waals surface area (Å²) in [4.78, 5) is 24.0. The molecule has 2 aromatic heterocycles. The van der Waals surface area contributed by atoms with Crippen LogP contribution in [0.1, 0.15) is 16.1 Å². The fraction of sp³-hybridized carbons (Fsp3) is 0.0588. The topological polar surface area (TPSA) is 103 Å². The van der Waals surface area contributed by atoms with E-state index in [1.165, 1.54) is 18.6 Å². The van der Waals surface area contributed by atoms with Crippen LogP contribution in [0.2, 0.25) is 0 Å². The van der Waals surface area contributed by atoms with E-state index in [9.17, 15) is 4.79 Å². The summed E-state index contributed by atoms with van der Waals surface area (Å²) >= 11 is 0. The molecule has 7 heteroatoms. The molecule has 3 rings (SSSR count). The zero-order valence-electron chi connectivity index (χ0n) is 12.7. The van der Waals surface area contributed by atoms with Crippen LogP contribution in [0.3, 0.4) is 0 Å². The summed E-state index contributed by atoms with van der Waals surface area (Å²) in [7, 11) is 0. The van der Waals surface area contributed by atoms with Crippen molar-refractivity contribution in [3.05, 3.63) is 72.3 Å². The Morgan fingerprint density at radius 2 is 1.83 bits per heavy atom. The second-order valence-electron chi connectivity index (χ2n) is 4.90. The maximum atomic E-state index is 12.1. The first-order chi connectivity index (χ1) is 11.7. The van der Waals surface area contributed by atoms with Gasteiger partial charge >= 0.3 is 0 Å². The lowest BCUT2D eigenvalue weighted by atomic mass is 10.2. The van der Waals surface area contributed by atoms with E-state index in [0.29, 0.717) is 18.2 Å². The van der Waals surface area contributed by atoms with Crippen molar-refractivity contribution in [3.63, 3.8) is 0 Å². The molecule has 0 fully saturated rings. The average molecular weight is 321 g/mol. The summed E-state index contributed by atoms with van der Waals surface area (Å²) in [5.41, 5.74) is 7.26. The third-order valence-electron chi connectivity index (χ3n) is 3.17. The molecule has 0 saturated heterocycles. The Bertz CT molecular complexity index is 822. The van der Waals surface area contributed by atoms with E-state index < -0.39 is 5.91 Å². The minimum atomic E-state index is -0.444. The first kappa shape index (κ1) is 15.4. The fourth-order valence-corrected chi connectivity index (χ4v) is 1.99. The Balaban J connectivity index is 1.60. The summed E-state index contributed by atoms with van der Waals surface area (Å²) in [5, 5.41) is 2.66. The molecule has 120 valence electrons. The van der Waals surface area contributed by atoms with Gasteiger partial charge in [-0.1, -0.05) is 30.3 Å². The van der Waals surface area contributed by atoms with Crippen molar-refractivity contribution in [1.29, 1.82) is 0 Å². The van der Waals surface area contributed by atoms with E-state index in [-0.39, 0.29) is 11.5 Å². The SMILES string of the molecule is Nc1nccnc1C(=O)Nc1ccc(OCc2ccccc2)nc1. The first-order valence-electron chi connectivity index (χ1n) is 7.23. The Labute approximate surface area is 138 Å². The van der Waals surface area contributed by atoms with Gasteiger partial charge in [0.2, 0.25) is 5.88 Å². The van der Waals surface area contributed by atoms with Crippen LogP contribution in [0.15, 0.2) is 61.1 Å². The number of anilines is 2. The molecule has 0 spiro atoms. The molecule has 0 atom stereocenters. The number of nitrogens with two attached hydrogens (primary N) is 1. The molecule has 0 bridgehead atoms. The molecule has 0 radical (unpaired) electrons. The highest BCUT2D eigenvalue weighted by atomic mass is 16.5. The van der Waals surface area contributed by atoms with Crippen molar-refractivity contribution in [2.24, 2.45) is 0 Å². The van der Waals surface area contributed by atoms with E-state index >= 15 is 0 Å². The van der Waals surface area contributed by atoms with E-state index in [2.05, 4.69) is 20.3 Å². The van der Waals surface area contributed by atoms with Gasteiger partial charge in [0, 0.05) is 18.5 Å². The third kappa shape index (κ3) is 3.83. The van der Waals surface area contributed by atoms with Gasteiger partial charge in [0.1, 0.15) is 6.61 Å². The number of ether oxygens (including phenoxy) is 1. The number of aromatic nitrogens is 3. The Kier molecular flexibility index (Phi) is 4.62. The molecule has 24 heavy (non-hydrogen) atoms. The number of nitrogen functional groups attached to an aromatic ring is 1. The van der Waals surface area contributed by atoms with Gasteiger partial charge in [0.05, 0.1) is 11.9 Å². The largest absolute Gasteiger partial charge is 0.473 e. The van der Waals surface area contributed by atoms with Crippen LogP contribution in [-0.4, -0.2) is 20.9 Å². The highest BCUT2D eigenvalue weighted by Crippen LogP contribution is 2.15. The molecule has 1 amide bonds. The maximum Gasteiger partial charge on any atom is 0.278 e. The predicted molar refractivity (Wildman–Crippen MR) is 89.4 cm³/mol. The molecule has 0 aliphatic rings. The molecule has 0 aliphatic heterocycles. The lowest BCUT2D eigenvalue weighted by Gasteiger charge is -2.08. The Morgan fingerprint density at radius 3 is 2.54 bits per heavy atom. The third-order valence-corrected chi connectivity index (χ3v) is 3.17. The van der Waals surface area contributed by atoms with E-state index in [0.717, 1.165) is 5.56 Å². The highest BCUT2D eigenvalue weighted by Gasteiger charge is 2.12. The smallest absolute Gasteiger partial charge is 0.278 e. The Morgan fingerprint density at radius 1 is 1.04 bits per heavy atom. The van der Waals surface area contributed by atoms with Crippen molar-refractivity contribution in [3.8, 4) is 5.88 Å². The van der Waals surface area contributed by atoms with E-state index in [1.807, 2.05) is 30.3 Å². The molecule has 3 aromatic rings. The molecule has 0 aliphatic carbocycles. The summed E-state index contributed by atoms with van der Waals surface area (Å²) in [6.07, 6.45) is 4.33. The molecule has 0 saturated carbocycles. The number of pyridine rings is 1. The predicted octanol–water partition coefficient (Wildman–Crippen LogP) is 2.29. The quantitative estimate of drug-likeness (QED) is 0.747. The Hall–Kier alpha value is -3.48. The zero-order valence-corrected chi connectivity index (χ0v) is 12.7. The van der Waals surface area contributed by atoms with Crippen LogP contribution in [0.5, 0.6) is 5.88 Å². The van der Waals surface area contributed by atoms with Gasteiger partial charge in [0.15, 0.2) is 11.5 Å². The number of amides is 1. The summed E-state index contributed by atoms with van der Waals surface area (Å²) < 4.78 is 5.59. The molecular weight excluding hydrogens is 306 g/mol. The first-order valence-corrected chi connectivity index (χ1v) is 7.23. The van der Waals surface area contributed by atoms with Crippen LogP contribution in [0.4, 0.5) is 11.5 Å². The van der Waals surface area contributed by atoms with Crippen molar-refractivity contribution in [1.82, 2.24) is 15.0 Å². The number of carbonyl (C=O) groups is 1. The minimum absolute atomic E-state index is 0.0712. The van der Waals surface area contributed by atoms with Crippen molar-refractivity contribution < 1.29 is 9.53 Å². The standard InChI is InChI=1S/C17H15N5O2/c18-16-15(19-8-9-20-16)17(23)22-13-6-7-14(21-10-13)24-11-12-4-2-1-3-5-12/h1-10H,11H2,(H2,18,20)(H,22,23). The van der Waals surface area contributed by atoms with Crippen LogP contribution in [0.25, 0.3) is 0 Å². The summed E-state index contributed by atoms with van der Waals surface area (Å²) in [6, 6.07) is 13.2. The van der Waals surface area contributed by atoms with E-state index in [4.69, 9.17) is 10.5 Å². The van der Waals surface area contributed by atoms with E-state index in [1.54, 1.807) is 12.1 Å². The van der Waals surface area contributed by atoms with Crippen LogP contribution < -0.4 is 15.8 Å². The average Bonchev–Trinajstić information content (AvgIpc) is 2.62. The fourth-order valence-electron chi connectivity index (χ4n) is 1.99. The molecular formula is C17H15N5O2. The van der Waals surface area contributed by atoms with Crippen molar-refractivity contribution in [2.75, 3.05) is 11.1 Å². The van der Waals surface area contributed by atoms with Crippen molar-refractivity contribution in [2.45, 2.75) is 6.61 Å². The second kappa shape index (κ2) is 7.19. The van der Waals surface area contributed by atoms with Crippen LogP contribution >= 0.6 is 0 Å². The maximum absolute atomic E-state index is 12.1. The molecule has 2 heterocycles. The van der Waals surface area contributed by atoms with Gasteiger partial charge < -0.3 is 15.8 Å². The monoisotopic (exact) mass is 321 g/mol. The van der Waals surface area contributed by atoms with Gasteiger partial charge in [-0.3, -0.25) is 4.79 Å². The van der Waals surface area contributed by atoms with Crippen molar-refractivity contribution >= 4 is 17.4 Å². The molecule has 1 aromatic carbocycles. The van der Waals surface area contributed by atoms with Gasteiger partial charge in [-0.05, 0) is 11.6 Å². The normalized spacial score (nSPS) is 10.2. The van der Waals surface area contributed by atoms with Gasteiger partial charge in [-0.15, -0.1) is 0 Å². The van der Waals surface area contributed by atoms with Crippen LogP contribution in [0, 0.1) is 0 Å². The van der Waals surface area contributed by atoms with Gasteiger partial charge in [0.25, 0.3) is 5.91 Å². The molecule has 0 unspecified atom stereocenters.